The molecule has 0 bridgehead atoms. The van der Waals surface area contributed by atoms with Crippen molar-refractivity contribution >= 4 is 17.2 Å². The van der Waals surface area contributed by atoms with Crippen molar-refractivity contribution in [3.8, 4) is 10.6 Å². The second-order valence-corrected chi connectivity index (χ2v) is 6.14. The fraction of sp³-hybridized carbons (Fsp3) is 0.176. The van der Waals surface area contributed by atoms with Crippen LogP contribution < -0.4 is 10.9 Å². The minimum absolute atomic E-state index is 0.184. The van der Waals surface area contributed by atoms with Gasteiger partial charge in [0.1, 0.15) is 9.88 Å². The molecule has 0 aliphatic rings. The van der Waals surface area contributed by atoms with E-state index in [0.29, 0.717) is 23.7 Å². The smallest absolute Gasteiger partial charge is 0.266 e. The van der Waals surface area contributed by atoms with Crippen molar-refractivity contribution in [1.29, 1.82) is 0 Å². The molecule has 1 aromatic carbocycles. The molecule has 0 atom stereocenters. The summed E-state index contributed by atoms with van der Waals surface area (Å²) >= 11 is 1.36. The van der Waals surface area contributed by atoms with Crippen LogP contribution in [0, 0.1) is 6.92 Å². The average molecular weight is 340 g/mol. The molecule has 0 unspecified atom stereocenters. The number of aryl methyl sites for hydroxylation is 1. The molecule has 0 spiro atoms. The summed E-state index contributed by atoms with van der Waals surface area (Å²) in [5, 5.41) is 7.58. The van der Waals surface area contributed by atoms with Crippen molar-refractivity contribution in [3.63, 3.8) is 0 Å². The highest BCUT2D eigenvalue weighted by Crippen LogP contribution is 2.27. The Morgan fingerprint density at radius 3 is 2.75 bits per heavy atom. The summed E-state index contributed by atoms with van der Waals surface area (Å²) in [5.41, 5.74) is 1.50. The van der Waals surface area contributed by atoms with E-state index in [0.717, 1.165) is 10.6 Å². The van der Waals surface area contributed by atoms with Crippen molar-refractivity contribution in [3.05, 3.63) is 69.6 Å². The zero-order chi connectivity index (χ0) is 16.9. The molecule has 0 saturated heterocycles. The third-order valence-electron chi connectivity index (χ3n) is 3.42. The van der Waals surface area contributed by atoms with Gasteiger partial charge in [-0.3, -0.25) is 9.59 Å². The second kappa shape index (κ2) is 7.18. The zero-order valence-electron chi connectivity index (χ0n) is 13.1. The van der Waals surface area contributed by atoms with Gasteiger partial charge in [-0.15, -0.1) is 11.3 Å². The minimum atomic E-state index is -0.188. The Morgan fingerprint density at radius 1 is 1.21 bits per heavy atom. The largest absolute Gasteiger partial charge is 0.349 e. The number of benzene rings is 1. The van der Waals surface area contributed by atoms with Crippen LogP contribution in [0.2, 0.25) is 0 Å². The van der Waals surface area contributed by atoms with Gasteiger partial charge in [0.25, 0.3) is 11.5 Å². The first-order valence-corrected chi connectivity index (χ1v) is 8.30. The van der Waals surface area contributed by atoms with E-state index >= 15 is 0 Å². The maximum absolute atomic E-state index is 12.3. The molecule has 0 aliphatic heterocycles. The van der Waals surface area contributed by atoms with Crippen molar-refractivity contribution in [1.82, 2.24) is 20.1 Å². The third-order valence-corrected chi connectivity index (χ3v) is 4.62. The van der Waals surface area contributed by atoms with Crippen LogP contribution in [0.4, 0.5) is 0 Å². The standard InChI is InChI=1S/C17H16N4O2S/c1-12-15(24-17(20-12)13-6-3-2-4-7-13)16(23)18-10-11-21-14(22)8-5-9-19-21/h2-9H,10-11H2,1H3,(H,18,23). The van der Waals surface area contributed by atoms with E-state index in [-0.39, 0.29) is 11.5 Å². The molecule has 1 N–H and O–H groups in total. The number of carbonyl (C=O) groups excluding carboxylic acids is 1. The van der Waals surface area contributed by atoms with Crippen LogP contribution in [0.3, 0.4) is 0 Å². The Balaban J connectivity index is 1.66. The van der Waals surface area contributed by atoms with Crippen molar-refractivity contribution in [2.24, 2.45) is 0 Å². The Labute approximate surface area is 142 Å². The molecular formula is C17H16N4O2S. The molecule has 2 heterocycles. The third kappa shape index (κ3) is 3.57. The Kier molecular flexibility index (Phi) is 4.81. The molecule has 3 rings (SSSR count). The van der Waals surface area contributed by atoms with Crippen LogP contribution in [0.25, 0.3) is 10.6 Å². The van der Waals surface area contributed by atoms with Gasteiger partial charge in [0.2, 0.25) is 0 Å². The number of thiazole rings is 1. The summed E-state index contributed by atoms with van der Waals surface area (Å²) in [7, 11) is 0. The van der Waals surface area contributed by atoms with Crippen LogP contribution in [-0.2, 0) is 6.54 Å². The van der Waals surface area contributed by atoms with Crippen molar-refractivity contribution in [2.75, 3.05) is 6.54 Å². The molecule has 6 nitrogen and oxygen atoms in total. The first-order valence-electron chi connectivity index (χ1n) is 7.48. The van der Waals surface area contributed by atoms with E-state index in [2.05, 4.69) is 15.4 Å². The second-order valence-electron chi connectivity index (χ2n) is 5.14. The van der Waals surface area contributed by atoms with Gasteiger partial charge in [0, 0.05) is 24.4 Å². The number of aromatic nitrogens is 3. The van der Waals surface area contributed by atoms with Gasteiger partial charge in [-0.1, -0.05) is 30.3 Å². The Bertz CT molecular complexity index is 902. The first kappa shape index (κ1) is 16.1. The van der Waals surface area contributed by atoms with Gasteiger partial charge in [-0.2, -0.15) is 5.10 Å². The van der Waals surface area contributed by atoms with Crippen LogP contribution in [-0.4, -0.2) is 27.2 Å². The van der Waals surface area contributed by atoms with Gasteiger partial charge < -0.3 is 5.32 Å². The molecule has 1 amide bonds. The number of nitrogens with zero attached hydrogens (tertiary/aromatic N) is 3. The van der Waals surface area contributed by atoms with Crippen molar-refractivity contribution in [2.45, 2.75) is 13.5 Å². The number of hydrogen-bond donors (Lipinski definition) is 1. The lowest BCUT2D eigenvalue weighted by atomic mass is 10.2. The van der Waals surface area contributed by atoms with E-state index in [4.69, 9.17) is 0 Å². The topological polar surface area (TPSA) is 76.9 Å². The molecule has 122 valence electrons. The monoisotopic (exact) mass is 340 g/mol. The highest BCUT2D eigenvalue weighted by atomic mass is 32.1. The van der Waals surface area contributed by atoms with E-state index in [1.165, 1.54) is 22.1 Å². The molecule has 0 aliphatic carbocycles. The van der Waals surface area contributed by atoms with E-state index in [9.17, 15) is 9.59 Å². The van der Waals surface area contributed by atoms with Gasteiger partial charge in [-0.25, -0.2) is 9.67 Å². The van der Waals surface area contributed by atoms with Crippen LogP contribution in [0.1, 0.15) is 15.4 Å². The number of nitrogens with one attached hydrogen (secondary N) is 1. The quantitative estimate of drug-likeness (QED) is 0.772. The number of rotatable bonds is 5. The summed E-state index contributed by atoms with van der Waals surface area (Å²) in [5.74, 6) is -0.184. The fourth-order valence-corrected chi connectivity index (χ4v) is 3.21. The Morgan fingerprint density at radius 2 is 2.00 bits per heavy atom. The fourth-order valence-electron chi connectivity index (χ4n) is 2.22. The number of carbonyl (C=O) groups is 1. The minimum Gasteiger partial charge on any atom is -0.349 e. The van der Waals surface area contributed by atoms with Crippen LogP contribution in [0.15, 0.2) is 53.5 Å². The molecule has 24 heavy (non-hydrogen) atoms. The predicted octanol–water partition coefficient (Wildman–Crippen LogP) is 2.11. The zero-order valence-corrected chi connectivity index (χ0v) is 13.9. The lowest BCUT2D eigenvalue weighted by Gasteiger charge is -2.05. The van der Waals surface area contributed by atoms with Crippen LogP contribution >= 0.6 is 11.3 Å². The average Bonchev–Trinajstić information content (AvgIpc) is 2.99. The maximum atomic E-state index is 12.3. The van der Waals surface area contributed by atoms with Gasteiger partial charge >= 0.3 is 0 Å². The molecule has 0 saturated carbocycles. The molecule has 0 fully saturated rings. The normalized spacial score (nSPS) is 10.5. The molecule has 0 radical (unpaired) electrons. The summed E-state index contributed by atoms with van der Waals surface area (Å²) in [6.45, 7) is 2.48. The highest BCUT2D eigenvalue weighted by molar-refractivity contribution is 7.17. The summed E-state index contributed by atoms with van der Waals surface area (Å²) in [6, 6.07) is 12.8. The van der Waals surface area contributed by atoms with Gasteiger partial charge in [0.15, 0.2) is 0 Å². The Hall–Kier alpha value is -2.80. The lowest BCUT2D eigenvalue weighted by Crippen LogP contribution is -2.31. The molecule has 2 aromatic heterocycles. The lowest BCUT2D eigenvalue weighted by molar-refractivity contribution is 0.0955. The van der Waals surface area contributed by atoms with Crippen LogP contribution in [0.5, 0.6) is 0 Å². The molecule has 7 heteroatoms. The number of hydrogen-bond acceptors (Lipinski definition) is 5. The molecular weight excluding hydrogens is 324 g/mol. The van der Waals surface area contributed by atoms with Gasteiger partial charge in [0.05, 0.1) is 12.2 Å². The predicted molar refractivity (Wildman–Crippen MR) is 93.1 cm³/mol. The summed E-state index contributed by atoms with van der Waals surface area (Å²) < 4.78 is 1.31. The van der Waals surface area contributed by atoms with E-state index in [1.807, 2.05) is 37.3 Å². The van der Waals surface area contributed by atoms with Crippen molar-refractivity contribution < 1.29 is 4.79 Å². The molecule has 3 aromatic rings. The SMILES string of the molecule is Cc1nc(-c2ccccc2)sc1C(=O)NCCn1ncccc1=O. The maximum Gasteiger partial charge on any atom is 0.266 e. The van der Waals surface area contributed by atoms with E-state index < -0.39 is 0 Å². The first-order chi connectivity index (χ1) is 11.6. The van der Waals surface area contributed by atoms with E-state index in [1.54, 1.807) is 12.3 Å². The highest BCUT2D eigenvalue weighted by Gasteiger charge is 2.15. The summed E-state index contributed by atoms with van der Waals surface area (Å²) in [4.78, 5) is 29.0. The summed E-state index contributed by atoms with van der Waals surface area (Å²) in [6.07, 6.45) is 1.54. The number of amides is 1. The van der Waals surface area contributed by atoms with Gasteiger partial charge in [-0.05, 0) is 13.0 Å².